The lowest BCUT2D eigenvalue weighted by Crippen LogP contribution is -2.38. The second-order valence-corrected chi connectivity index (χ2v) is 5.17. The van der Waals surface area contributed by atoms with E-state index in [0.29, 0.717) is 6.10 Å². The molecule has 0 aromatic heterocycles. The lowest BCUT2D eigenvalue weighted by molar-refractivity contribution is -0.0261. The van der Waals surface area contributed by atoms with Crippen molar-refractivity contribution in [3.63, 3.8) is 0 Å². The molecule has 74 valence electrons. The molecule has 0 radical (unpaired) electrons. The normalized spacial score (nSPS) is 49.8. The fourth-order valence-corrected chi connectivity index (χ4v) is 3.89. The highest BCUT2D eigenvalue weighted by molar-refractivity contribution is 4.92. The molecule has 1 heterocycles. The quantitative estimate of drug-likeness (QED) is 0.557. The predicted molar refractivity (Wildman–Crippen MR) is 52.5 cm³/mol. The van der Waals surface area contributed by atoms with Gasteiger partial charge in [-0.2, -0.15) is 0 Å². The summed E-state index contributed by atoms with van der Waals surface area (Å²) in [5.74, 6) is 2.93. The maximum absolute atomic E-state index is 5.93. The first-order chi connectivity index (χ1) is 6.45. The van der Waals surface area contributed by atoms with Crippen LogP contribution >= 0.6 is 0 Å². The third-order valence-corrected chi connectivity index (χ3v) is 4.56. The van der Waals surface area contributed by atoms with E-state index in [1.807, 2.05) is 0 Å². The van der Waals surface area contributed by atoms with E-state index < -0.39 is 0 Å². The van der Waals surface area contributed by atoms with Crippen LogP contribution in [0.15, 0.2) is 0 Å². The molecule has 3 rings (SSSR count). The molecule has 2 saturated carbocycles. The topological polar surface area (TPSA) is 9.23 Å². The summed E-state index contributed by atoms with van der Waals surface area (Å²) in [6.45, 7) is 1.05. The Labute approximate surface area is 80.8 Å². The summed E-state index contributed by atoms with van der Waals surface area (Å²) in [7, 11) is 0. The number of hydrogen-bond acceptors (Lipinski definition) is 1. The number of fused-ring (bicyclic) bond motifs is 3. The molecule has 13 heavy (non-hydrogen) atoms. The summed E-state index contributed by atoms with van der Waals surface area (Å²) < 4.78 is 5.93. The van der Waals surface area contributed by atoms with E-state index in [0.717, 1.165) is 24.4 Å². The Kier molecular flexibility index (Phi) is 2.08. The maximum atomic E-state index is 5.93. The van der Waals surface area contributed by atoms with Gasteiger partial charge in [-0.05, 0) is 43.4 Å². The smallest absolute Gasteiger partial charge is 0.0634 e. The van der Waals surface area contributed by atoms with Crippen LogP contribution in [0.25, 0.3) is 0 Å². The zero-order valence-corrected chi connectivity index (χ0v) is 8.37. The summed E-state index contributed by atoms with van der Waals surface area (Å²) in [5, 5.41) is 0. The Morgan fingerprint density at radius 1 is 0.769 bits per heavy atom. The first kappa shape index (κ1) is 8.28. The molecule has 0 amide bonds. The molecule has 0 N–H and O–H groups in total. The highest BCUT2D eigenvalue weighted by atomic mass is 16.5. The maximum Gasteiger partial charge on any atom is 0.0634 e. The van der Waals surface area contributed by atoms with Crippen LogP contribution in [-0.2, 0) is 4.74 Å². The molecule has 3 aliphatic rings. The summed E-state index contributed by atoms with van der Waals surface area (Å²) in [6, 6.07) is 0. The van der Waals surface area contributed by atoms with Crippen LogP contribution in [0.4, 0.5) is 0 Å². The minimum atomic E-state index is 0.680. The standard InChI is InChI=1S/C12H20O/c1-2-4-11-9(3-1)5-6-10-7-8-13-12(10)11/h9-12H,1-8H2. The van der Waals surface area contributed by atoms with Crippen molar-refractivity contribution in [3.05, 3.63) is 0 Å². The van der Waals surface area contributed by atoms with Gasteiger partial charge in [-0.3, -0.25) is 0 Å². The molecule has 1 aliphatic heterocycles. The summed E-state index contributed by atoms with van der Waals surface area (Å²) in [4.78, 5) is 0. The highest BCUT2D eigenvalue weighted by Gasteiger charge is 2.43. The average molecular weight is 180 g/mol. The Morgan fingerprint density at radius 2 is 1.62 bits per heavy atom. The van der Waals surface area contributed by atoms with Crippen LogP contribution in [0.2, 0.25) is 0 Å². The minimum Gasteiger partial charge on any atom is -0.378 e. The molecule has 2 aliphatic carbocycles. The van der Waals surface area contributed by atoms with E-state index >= 15 is 0 Å². The van der Waals surface area contributed by atoms with Gasteiger partial charge in [-0.15, -0.1) is 0 Å². The zero-order chi connectivity index (χ0) is 8.67. The lowest BCUT2D eigenvalue weighted by atomic mass is 9.66. The van der Waals surface area contributed by atoms with Gasteiger partial charge in [0.15, 0.2) is 0 Å². The first-order valence-electron chi connectivity index (χ1n) is 6.07. The molecule has 4 atom stereocenters. The van der Waals surface area contributed by atoms with Crippen molar-refractivity contribution in [2.45, 2.75) is 51.0 Å². The second kappa shape index (κ2) is 3.27. The summed E-state index contributed by atoms with van der Waals surface area (Å²) in [5.41, 5.74) is 0. The molecule has 0 spiro atoms. The minimum absolute atomic E-state index is 0.680. The van der Waals surface area contributed by atoms with E-state index in [9.17, 15) is 0 Å². The van der Waals surface area contributed by atoms with E-state index in [4.69, 9.17) is 4.74 Å². The van der Waals surface area contributed by atoms with Gasteiger partial charge in [0.1, 0.15) is 0 Å². The molecule has 3 fully saturated rings. The van der Waals surface area contributed by atoms with E-state index in [1.165, 1.54) is 44.9 Å². The fourth-order valence-electron chi connectivity index (χ4n) is 3.89. The molecule has 1 heteroatoms. The fraction of sp³-hybridized carbons (Fsp3) is 1.00. The van der Waals surface area contributed by atoms with Gasteiger partial charge in [-0.1, -0.05) is 19.3 Å². The van der Waals surface area contributed by atoms with Gasteiger partial charge in [0, 0.05) is 6.61 Å². The molecule has 0 aromatic carbocycles. The lowest BCUT2D eigenvalue weighted by Gasteiger charge is -2.42. The van der Waals surface area contributed by atoms with Crippen LogP contribution in [0.1, 0.15) is 44.9 Å². The van der Waals surface area contributed by atoms with Crippen molar-refractivity contribution in [2.24, 2.45) is 17.8 Å². The van der Waals surface area contributed by atoms with Gasteiger partial charge in [0.05, 0.1) is 6.10 Å². The third-order valence-electron chi connectivity index (χ3n) is 4.56. The van der Waals surface area contributed by atoms with Crippen LogP contribution in [0, 0.1) is 17.8 Å². The first-order valence-corrected chi connectivity index (χ1v) is 6.07. The van der Waals surface area contributed by atoms with Crippen LogP contribution < -0.4 is 0 Å². The van der Waals surface area contributed by atoms with Gasteiger partial charge >= 0.3 is 0 Å². The summed E-state index contributed by atoms with van der Waals surface area (Å²) >= 11 is 0. The van der Waals surface area contributed by atoms with E-state index in [2.05, 4.69) is 0 Å². The van der Waals surface area contributed by atoms with Crippen molar-refractivity contribution in [2.75, 3.05) is 6.61 Å². The van der Waals surface area contributed by atoms with Gasteiger partial charge < -0.3 is 4.74 Å². The highest BCUT2D eigenvalue weighted by Crippen LogP contribution is 2.47. The molecule has 0 aromatic rings. The monoisotopic (exact) mass is 180 g/mol. The largest absolute Gasteiger partial charge is 0.378 e. The van der Waals surface area contributed by atoms with Crippen molar-refractivity contribution < 1.29 is 4.74 Å². The third kappa shape index (κ3) is 1.32. The van der Waals surface area contributed by atoms with Gasteiger partial charge in [0.2, 0.25) is 0 Å². The van der Waals surface area contributed by atoms with Crippen LogP contribution in [-0.4, -0.2) is 12.7 Å². The van der Waals surface area contributed by atoms with Crippen molar-refractivity contribution in [1.29, 1.82) is 0 Å². The Hall–Kier alpha value is -0.0400. The second-order valence-electron chi connectivity index (χ2n) is 5.17. The predicted octanol–water partition coefficient (Wildman–Crippen LogP) is 2.99. The number of rotatable bonds is 0. The van der Waals surface area contributed by atoms with Gasteiger partial charge in [0.25, 0.3) is 0 Å². The number of ether oxygens (including phenoxy) is 1. The van der Waals surface area contributed by atoms with Crippen molar-refractivity contribution in [3.8, 4) is 0 Å². The SMILES string of the molecule is C1CCC2C(C1)CCC1CCOC12. The average Bonchev–Trinajstić information content (AvgIpc) is 2.65. The van der Waals surface area contributed by atoms with Crippen LogP contribution in [0.3, 0.4) is 0 Å². The van der Waals surface area contributed by atoms with Crippen molar-refractivity contribution >= 4 is 0 Å². The Bertz CT molecular complexity index is 190. The van der Waals surface area contributed by atoms with Crippen molar-refractivity contribution in [1.82, 2.24) is 0 Å². The molecular formula is C12H20O. The molecule has 1 saturated heterocycles. The van der Waals surface area contributed by atoms with E-state index in [-0.39, 0.29) is 0 Å². The van der Waals surface area contributed by atoms with Crippen LogP contribution in [0.5, 0.6) is 0 Å². The zero-order valence-electron chi connectivity index (χ0n) is 8.37. The molecule has 1 nitrogen and oxygen atoms in total. The van der Waals surface area contributed by atoms with E-state index in [1.54, 1.807) is 0 Å². The molecular weight excluding hydrogens is 160 g/mol. The molecule has 4 unspecified atom stereocenters. The molecule has 0 bridgehead atoms. The van der Waals surface area contributed by atoms with Gasteiger partial charge in [-0.25, -0.2) is 0 Å². The number of hydrogen-bond donors (Lipinski definition) is 0. The summed E-state index contributed by atoms with van der Waals surface area (Å²) in [6.07, 6.45) is 10.9. The Morgan fingerprint density at radius 3 is 2.62 bits per heavy atom. The Balaban J connectivity index is 1.77.